The second-order valence-corrected chi connectivity index (χ2v) is 6.70. The number of nitrogens with zero attached hydrogens (tertiary/aromatic N) is 1. The van der Waals surface area contributed by atoms with Gasteiger partial charge in [-0.05, 0) is 37.1 Å². The highest BCUT2D eigenvalue weighted by Crippen LogP contribution is 2.49. The minimum Gasteiger partial charge on any atom is -0.480 e. The quantitative estimate of drug-likeness (QED) is 0.693. The minimum atomic E-state index is -1.13. The molecule has 3 nitrogen and oxygen atoms in total. The maximum Gasteiger partial charge on any atom is 0.320 e. The van der Waals surface area contributed by atoms with Crippen LogP contribution >= 0.6 is 0 Å². The van der Waals surface area contributed by atoms with E-state index in [4.69, 9.17) is 0 Å². The third-order valence-electron chi connectivity index (χ3n) is 5.97. The van der Waals surface area contributed by atoms with E-state index in [2.05, 4.69) is 32.6 Å². The second kappa shape index (κ2) is 8.50. The van der Waals surface area contributed by atoms with Crippen molar-refractivity contribution >= 4 is 5.97 Å². The van der Waals surface area contributed by atoms with Crippen LogP contribution in [-0.4, -0.2) is 34.6 Å². The van der Waals surface area contributed by atoms with Gasteiger partial charge in [0.2, 0.25) is 0 Å². The lowest BCUT2D eigenvalue weighted by Crippen LogP contribution is -2.65. The molecule has 0 bridgehead atoms. The van der Waals surface area contributed by atoms with Crippen molar-refractivity contribution in [2.45, 2.75) is 51.5 Å². The Morgan fingerprint density at radius 1 is 0.808 bits per heavy atom. The molecule has 0 saturated heterocycles. The molecular weight excluding hydrogens is 322 g/mol. The highest BCUT2D eigenvalue weighted by Gasteiger charge is 2.59. The molecule has 0 radical (unpaired) electrons. The fraction of sp³-hybridized carbons (Fsp3) is 0.435. The van der Waals surface area contributed by atoms with E-state index < -0.39 is 16.9 Å². The predicted octanol–water partition coefficient (Wildman–Crippen LogP) is 4.96. The number of carboxylic acid groups (broad SMARTS) is 1. The number of rotatable bonds is 9. The first-order valence-corrected chi connectivity index (χ1v) is 9.64. The Morgan fingerprint density at radius 3 is 1.46 bits per heavy atom. The Bertz CT molecular complexity index is 649. The zero-order chi connectivity index (χ0) is 19.2. The Hall–Kier alpha value is -2.13. The van der Waals surface area contributed by atoms with E-state index in [0.29, 0.717) is 0 Å². The summed E-state index contributed by atoms with van der Waals surface area (Å²) in [5, 5.41) is 10.7. The molecular formula is C23H31NO2. The standard InChI is InChI=1S/C23H31NO2/c1-5-22(6-2,24(7-3)8-4)23(21(25)26,19-15-11-9-12-16-19)20-17-13-10-14-18-20/h9-18H,5-8H2,1-4H3,(H,25,26). The van der Waals surface area contributed by atoms with Crippen molar-refractivity contribution in [3.8, 4) is 0 Å². The first-order chi connectivity index (χ1) is 12.5. The molecule has 2 aromatic carbocycles. The molecule has 0 unspecified atom stereocenters. The summed E-state index contributed by atoms with van der Waals surface area (Å²) in [7, 11) is 0. The Kier molecular flexibility index (Phi) is 6.60. The molecule has 0 aliphatic rings. The van der Waals surface area contributed by atoms with Gasteiger partial charge >= 0.3 is 5.97 Å². The van der Waals surface area contributed by atoms with Crippen molar-refractivity contribution in [3.05, 3.63) is 71.8 Å². The second-order valence-electron chi connectivity index (χ2n) is 6.70. The van der Waals surface area contributed by atoms with Gasteiger partial charge in [0.15, 0.2) is 0 Å². The lowest BCUT2D eigenvalue weighted by Gasteiger charge is -2.54. The SMILES string of the molecule is CCN(CC)C(CC)(CC)C(C(=O)O)(c1ccccc1)c1ccccc1. The van der Waals surface area contributed by atoms with Crippen LogP contribution in [0.1, 0.15) is 51.7 Å². The molecule has 0 saturated carbocycles. The molecule has 2 rings (SSSR count). The molecule has 3 heteroatoms. The van der Waals surface area contributed by atoms with Gasteiger partial charge in [0.25, 0.3) is 0 Å². The topological polar surface area (TPSA) is 40.5 Å². The van der Waals surface area contributed by atoms with E-state index in [1.165, 1.54) is 0 Å². The third-order valence-corrected chi connectivity index (χ3v) is 5.97. The monoisotopic (exact) mass is 353 g/mol. The number of carbonyl (C=O) groups is 1. The number of aliphatic carboxylic acids is 1. The first kappa shape index (κ1) is 20.2. The zero-order valence-electron chi connectivity index (χ0n) is 16.4. The molecule has 1 N–H and O–H groups in total. The van der Waals surface area contributed by atoms with Crippen molar-refractivity contribution < 1.29 is 9.90 Å². The normalized spacial score (nSPS) is 12.3. The van der Waals surface area contributed by atoms with Crippen molar-refractivity contribution in [2.24, 2.45) is 0 Å². The highest BCUT2D eigenvalue weighted by atomic mass is 16.4. The summed E-state index contributed by atoms with van der Waals surface area (Å²) >= 11 is 0. The number of hydrogen-bond acceptors (Lipinski definition) is 2. The van der Waals surface area contributed by atoms with Crippen molar-refractivity contribution in [3.63, 3.8) is 0 Å². The average molecular weight is 354 g/mol. The predicted molar refractivity (Wildman–Crippen MR) is 108 cm³/mol. The largest absolute Gasteiger partial charge is 0.480 e. The Labute approximate surface area is 157 Å². The van der Waals surface area contributed by atoms with Crippen LogP contribution in [0, 0.1) is 0 Å². The summed E-state index contributed by atoms with van der Waals surface area (Å²) in [6.07, 6.45) is 1.50. The molecule has 0 fully saturated rings. The van der Waals surface area contributed by atoms with Crippen LogP contribution in [0.15, 0.2) is 60.7 Å². The van der Waals surface area contributed by atoms with Crippen LogP contribution in [0.3, 0.4) is 0 Å². The van der Waals surface area contributed by atoms with E-state index in [0.717, 1.165) is 37.1 Å². The number of benzene rings is 2. The van der Waals surface area contributed by atoms with E-state index in [9.17, 15) is 9.90 Å². The summed E-state index contributed by atoms with van der Waals surface area (Å²) < 4.78 is 0. The molecule has 0 aliphatic carbocycles. The van der Waals surface area contributed by atoms with Crippen LogP contribution in [0.25, 0.3) is 0 Å². The molecule has 0 heterocycles. The van der Waals surface area contributed by atoms with E-state index in [-0.39, 0.29) is 0 Å². The molecule has 0 amide bonds. The fourth-order valence-electron chi connectivity index (χ4n) is 4.82. The van der Waals surface area contributed by atoms with Gasteiger partial charge in [-0.15, -0.1) is 0 Å². The van der Waals surface area contributed by atoms with Gasteiger partial charge in [-0.2, -0.15) is 0 Å². The third kappa shape index (κ3) is 2.95. The van der Waals surface area contributed by atoms with Crippen LogP contribution in [0.5, 0.6) is 0 Å². The average Bonchev–Trinajstić information content (AvgIpc) is 2.69. The van der Waals surface area contributed by atoms with Gasteiger partial charge in [0.1, 0.15) is 5.41 Å². The summed E-state index contributed by atoms with van der Waals surface area (Å²) in [5.41, 5.74) is 0.0272. The van der Waals surface area contributed by atoms with Crippen molar-refractivity contribution in [1.82, 2.24) is 4.90 Å². The Morgan fingerprint density at radius 2 is 1.19 bits per heavy atom. The van der Waals surface area contributed by atoms with E-state index in [1.807, 2.05) is 60.7 Å². The van der Waals surface area contributed by atoms with Gasteiger partial charge in [0.05, 0.1) is 0 Å². The van der Waals surface area contributed by atoms with Crippen LogP contribution in [0.2, 0.25) is 0 Å². The lowest BCUT2D eigenvalue weighted by atomic mass is 9.58. The molecule has 26 heavy (non-hydrogen) atoms. The van der Waals surface area contributed by atoms with Gasteiger partial charge < -0.3 is 5.11 Å². The van der Waals surface area contributed by atoms with Gasteiger partial charge in [-0.3, -0.25) is 9.69 Å². The molecule has 0 aliphatic heterocycles. The molecule has 0 atom stereocenters. The van der Waals surface area contributed by atoms with Crippen molar-refractivity contribution in [1.29, 1.82) is 0 Å². The van der Waals surface area contributed by atoms with Gasteiger partial charge in [-0.1, -0.05) is 88.4 Å². The summed E-state index contributed by atoms with van der Waals surface area (Å²) in [5.74, 6) is -0.787. The minimum absolute atomic E-state index is 0.523. The molecule has 0 aromatic heterocycles. The summed E-state index contributed by atoms with van der Waals surface area (Å²) in [4.78, 5) is 15.4. The molecule has 0 spiro atoms. The maximum absolute atomic E-state index is 13.1. The zero-order valence-corrected chi connectivity index (χ0v) is 16.4. The fourth-order valence-corrected chi connectivity index (χ4v) is 4.82. The van der Waals surface area contributed by atoms with E-state index >= 15 is 0 Å². The number of likely N-dealkylation sites (N-methyl/N-ethyl adjacent to an activating group) is 1. The lowest BCUT2D eigenvalue weighted by molar-refractivity contribution is -0.149. The smallest absolute Gasteiger partial charge is 0.320 e. The van der Waals surface area contributed by atoms with Gasteiger partial charge in [0, 0.05) is 5.54 Å². The number of carboxylic acids is 1. The van der Waals surface area contributed by atoms with Crippen LogP contribution in [-0.2, 0) is 10.2 Å². The number of hydrogen-bond donors (Lipinski definition) is 1. The van der Waals surface area contributed by atoms with E-state index in [1.54, 1.807) is 0 Å². The summed E-state index contributed by atoms with van der Waals surface area (Å²) in [6.45, 7) is 10.1. The maximum atomic E-state index is 13.1. The summed E-state index contributed by atoms with van der Waals surface area (Å²) in [6, 6.07) is 19.5. The Balaban J connectivity index is 2.97. The van der Waals surface area contributed by atoms with Gasteiger partial charge in [-0.25, -0.2) is 0 Å². The van der Waals surface area contributed by atoms with Crippen LogP contribution in [0.4, 0.5) is 0 Å². The molecule has 140 valence electrons. The van der Waals surface area contributed by atoms with Crippen LogP contribution < -0.4 is 0 Å². The molecule has 2 aromatic rings. The first-order valence-electron chi connectivity index (χ1n) is 9.64. The highest BCUT2D eigenvalue weighted by molar-refractivity contribution is 5.88. The van der Waals surface area contributed by atoms with Crippen molar-refractivity contribution in [2.75, 3.05) is 13.1 Å².